The van der Waals surface area contributed by atoms with Crippen molar-refractivity contribution in [2.24, 2.45) is 0 Å². The Morgan fingerprint density at radius 1 is 1.15 bits per heavy atom. The molecular weight excluding hydrogens is 246 g/mol. The maximum absolute atomic E-state index is 6.34. The van der Waals surface area contributed by atoms with Crippen molar-refractivity contribution in [3.05, 3.63) is 35.4 Å². The highest BCUT2D eigenvalue weighted by Crippen LogP contribution is 2.43. The first-order chi connectivity index (χ1) is 9.81. The van der Waals surface area contributed by atoms with Gasteiger partial charge in [0, 0.05) is 13.1 Å². The third-order valence-electron chi connectivity index (χ3n) is 5.04. The SMILES string of the molecule is CCc1ccccc1CNCC1CCC2(CCCC2)O1. The highest BCUT2D eigenvalue weighted by molar-refractivity contribution is 5.26. The second-order valence-electron chi connectivity index (χ2n) is 6.42. The molecule has 110 valence electrons. The second-order valence-corrected chi connectivity index (χ2v) is 6.42. The van der Waals surface area contributed by atoms with E-state index in [-0.39, 0.29) is 5.60 Å². The van der Waals surface area contributed by atoms with E-state index in [0.29, 0.717) is 6.10 Å². The number of ether oxygens (including phenoxy) is 1. The van der Waals surface area contributed by atoms with Crippen molar-refractivity contribution in [2.45, 2.75) is 70.1 Å². The summed E-state index contributed by atoms with van der Waals surface area (Å²) < 4.78 is 6.34. The first kappa shape index (κ1) is 14.1. The molecule has 1 N–H and O–H groups in total. The van der Waals surface area contributed by atoms with E-state index in [9.17, 15) is 0 Å². The van der Waals surface area contributed by atoms with Gasteiger partial charge in [0.25, 0.3) is 0 Å². The van der Waals surface area contributed by atoms with Crippen molar-refractivity contribution in [3.63, 3.8) is 0 Å². The Bertz CT molecular complexity index is 437. The number of nitrogens with one attached hydrogen (secondary N) is 1. The van der Waals surface area contributed by atoms with Crippen LogP contribution in [0.3, 0.4) is 0 Å². The van der Waals surface area contributed by atoms with Gasteiger partial charge in [0.1, 0.15) is 0 Å². The Morgan fingerprint density at radius 3 is 2.65 bits per heavy atom. The third kappa shape index (κ3) is 3.07. The van der Waals surface area contributed by atoms with Crippen LogP contribution in [0.5, 0.6) is 0 Å². The zero-order valence-electron chi connectivity index (χ0n) is 12.7. The molecule has 1 unspecified atom stereocenters. The molecule has 1 atom stereocenters. The first-order valence-corrected chi connectivity index (χ1v) is 8.27. The van der Waals surface area contributed by atoms with E-state index in [1.807, 2.05) is 0 Å². The summed E-state index contributed by atoms with van der Waals surface area (Å²) >= 11 is 0. The summed E-state index contributed by atoms with van der Waals surface area (Å²) in [6.07, 6.45) is 9.38. The molecule has 20 heavy (non-hydrogen) atoms. The lowest BCUT2D eigenvalue weighted by Gasteiger charge is -2.24. The van der Waals surface area contributed by atoms with Crippen LogP contribution in [-0.2, 0) is 17.7 Å². The predicted octanol–water partition coefficient (Wildman–Crippen LogP) is 3.83. The Hall–Kier alpha value is -0.860. The molecule has 0 radical (unpaired) electrons. The summed E-state index contributed by atoms with van der Waals surface area (Å²) in [5, 5.41) is 3.60. The molecule has 2 fully saturated rings. The van der Waals surface area contributed by atoms with Gasteiger partial charge in [-0.25, -0.2) is 0 Å². The molecular formula is C18H27NO. The largest absolute Gasteiger partial charge is 0.370 e. The van der Waals surface area contributed by atoms with Crippen LogP contribution >= 0.6 is 0 Å². The van der Waals surface area contributed by atoms with Crippen LogP contribution in [0.4, 0.5) is 0 Å². The number of rotatable bonds is 5. The number of hydrogen-bond donors (Lipinski definition) is 1. The molecule has 2 aliphatic rings. The van der Waals surface area contributed by atoms with Crippen molar-refractivity contribution in [1.29, 1.82) is 0 Å². The molecule has 2 nitrogen and oxygen atoms in total. The highest BCUT2D eigenvalue weighted by atomic mass is 16.5. The maximum atomic E-state index is 6.34. The monoisotopic (exact) mass is 273 g/mol. The fraction of sp³-hybridized carbons (Fsp3) is 0.667. The summed E-state index contributed by atoms with van der Waals surface area (Å²) in [7, 11) is 0. The van der Waals surface area contributed by atoms with Gasteiger partial charge >= 0.3 is 0 Å². The topological polar surface area (TPSA) is 21.3 Å². The van der Waals surface area contributed by atoms with Gasteiger partial charge < -0.3 is 10.1 Å². The van der Waals surface area contributed by atoms with E-state index < -0.39 is 0 Å². The van der Waals surface area contributed by atoms with Crippen LogP contribution in [0.2, 0.25) is 0 Å². The normalized spacial score (nSPS) is 24.6. The van der Waals surface area contributed by atoms with Gasteiger partial charge in [-0.05, 0) is 43.2 Å². The van der Waals surface area contributed by atoms with Gasteiger partial charge in [-0.15, -0.1) is 0 Å². The zero-order chi connectivity index (χ0) is 13.8. The van der Waals surface area contributed by atoms with Gasteiger partial charge in [-0.3, -0.25) is 0 Å². The van der Waals surface area contributed by atoms with Crippen LogP contribution in [0.1, 0.15) is 56.6 Å². The first-order valence-electron chi connectivity index (χ1n) is 8.27. The lowest BCUT2D eigenvalue weighted by molar-refractivity contribution is -0.0351. The number of hydrogen-bond acceptors (Lipinski definition) is 2. The lowest BCUT2D eigenvalue weighted by Crippen LogP contribution is -2.31. The zero-order valence-corrected chi connectivity index (χ0v) is 12.7. The van der Waals surface area contributed by atoms with E-state index >= 15 is 0 Å². The molecule has 2 heteroatoms. The third-order valence-corrected chi connectivity index (χ3v) is 5.04. The molecule has 0 bridgehead atoms. The fourth-order valence-electron chi connectivity index (χ4n) is 3.87. The van der Waals surface area contributed by atoms with E-state index in [2.05, 4.69) is 36.5 Å². The van der Waals surface area contributed by atoms with E-state index in [1.54, 1.807) is 0 Å². The van der Waals surface area contributed by atoms with Crippen LogP contribution in [0.25, 0.3) is 0 Å². The van der Waals surface area contributed by atoms with Crippen molar-refractivity contribution < 1.29 is 4.74 Å². The maximum Gasteiger partial charge on any atom is 0.0708 e. The fourth-order valence-corrected chi connectivity index (χ4v) is 3.87. The molecule has 1 spiro atoms. The Morgan fingerprint density at radius 2 is 1.90 bits per heavy atom. The van der Waals surface area contributed by atoms with Crippen LogP contribution in [0.15, 0.2) is 24.3 Å². The average Bonchev–Trinajstić information content (AvgIpc) is 3.10. The molecule has 3 rings (SSSR count). The predicted molar refractivity (Wildman–Crippen MR) is 82.8 cm³/mol. The summed E-state index contributed by atoms with van der Waals surface area (Å²) in [4.78, 5) is 0. The van der Waals surface area contributed by atoms with Crippen molar-refractivity contribution in [2.75, 3.05) is 6.54 Å². The van der Waals surface area contributed by atoms with Crippen molar-refractivity contribution in [3.8, 4) is 0 Å². The Balaban J connectivity index is 1.46. The van der Waals surface area contributed by atoms with Crippen LogP contribution in [-0.4, -0.2) is 18.2 Å². The summed E-state index contributed by atoms with van der Waals surface area (Å²) in [5.41, 5.74) is 3.16. The smallest absolute Gasteiger partial charge is 0.0708 e. The minimum Gasteiger partial charge on any atom is -0.370 e. The van der Waals surface area contributed by atoms with E-state index in [4.69, 9.17) is 4.74 Å². The van der Waals surface area contributed by atoms with Crippen LogP contribution in [0, 0.1) is 0 Å². The second kappa shape index (κ2) is 6.28. The molecule has 0 amide bonds. The van der Waals surface area contributed by atoms with Gasteiger partial charge in [0.15, 0.2) is 0 Å². The van der Waals surface area contributed by atoms with E-state index in [0.717, 1.165) is 19.5 Å². The molecule has 1 aliphatic carbocycles. The summed E-state index contributed by atoms with van der Waals surface area (Å²) in [5.74, 6) is 0. The molecule has 0 aromatic heterocycles. The number of aryl methyl sites for hydroxylation is 1. The van der Waals surface area contributed by atoms with Crippen LogP contribution < -0.4 is 5.32 Å². The van der Waals surface area contributed by atoms with Gasteiger partial charge in [-0.1, -0.05) is 44.0 Å². The molecule has 1 aliphatic heterocycles. The van der Waals surface area contributed by atoms with Gasteiger partial charge in [0.2, 0.25) is 0 Å². The molecule has 1 aromatic rings. The molecule has 1 heterocycles. The molecule has 1 saturated carbocycles. The molecule has 1 aromatic carbocycles. The lowest BCUT2D eigenvalue weighted by atomic mass is 9.98. The minimum atomic E-state index is 0.272. The summed E-state index contributed by atoms with van der Waals surface area (Å²) in [6.45, 7) is 4.19. The number of benzene rings is 1. The van der Waals surface area contributed by atoms with E-state index in [1.165, 1.54) is 49.7 Å². The highest BCUT2D eigenvalue weighted by Gasteiger charge is 2.41. The summed E-state index contributed by atoms with van der Waals surface area (Å²) in [6, 6.07) is 8.73. The van der Waals surface area contributed by atoms with Crippen molar-refractivity contribution in [1.82, 2.24) is 5.32 Å². The Kier molecular flexibility index (Phi) is 4.42. The Labute approximate surface area is 122 Å². The minimum absolute atomic E-state index is 0.272. The van der Waals surface area contributed by atoms with Gasteiger partial charge in [-0.2, -0.15) is 0 Å². The average molecular weight is 273 g/mol. The van der Waals surface area contributed by atoms with Crippen molar-refractivity contribution >= 4 is 0 Å². The standard InChI is InChI=1S/C18H27NO/c1-2-15-7-3-4-8-16(15)13-19-14-17-9-12-18(20-17)10-5-6-11-18/h3-4,7-8,17,19H,2,5-6,9-14H2,1H3. The molecule has 1 saturated heterocycles. The quantitative estimate of drug-likeness (QED) is 0.880. The van der Waals surface area contributed by atoms with Gasteiger partial charge in [0.05, 0.1) is 11.7 Å².